The molecule has 1 amide bonds. The molecule has 0 saturated heterocycles. The Kier molecular flexibility index (Phi) is 4.50. The van der Waals surface area contributed by atoms with Crippen LogP contribution in [0.25, 0.3) is 0 Å². The molecule has 11 heavy (non-hydrogen) atoms. The minimum absolute atomic E-state index is 0.0997. The highest BCUT2D eigenvalue weighted by Gasteiger charge is 2.14. The largest absolute Gasteiger partial charge is 0.347 e. The van der Waals surface area contributed by atoms with Crippen molar-refractivity contribution in [3.05, 3.63) is 0 Å². The summed E-state index contributed by atoms with van der Waals surface area (Å²) in [5, 5.41) is 2.59. The second kappa shape index (κ2) is 4.88. The number of rotatable bonds is 4. The lowest BCUT2D eigenvalue weighted by Gasteiger charge is -2.12. The van der Waals surface area contributed by atoms with Gasteiger partial charge < -0.3 is 5.32 Å². The Hall–Kier alpha value is -0.860. The maximum absolute atomic E-state index is 11.1. The Labute approximate surface area is 67.2 Å². The molecule has 0 heterocycles. The van der Waals surface area contributed by atoms with E-state index in [0.717, 1.165) is 0 Å². The molecule has 1 N–H and O–H groups in total. The zero-order valence-electron chi connectivity index (χ0n) is 7.31. The van der Waals surface area contributed by atoms with Gasteiger partial charge in [0, 0.05) is 13.3 Å². The highest BCUT2D eigenvalue weighted by atomic mass is 16.2. The van der Waals surface area contributed by atoms with Crippen LogP contribution in [0.2, 0.25) is 0 Å². The maximum Gasteiger partial charge on any atom is 0.217 e. The lowest BCUT2D eigenvalue weighted by molar-refractivity contribution is -0.126. The summed E-state index contributed by atoms with van der Waals surface area (Å²) in [7, 11) is 0. The van der Waals surface area contributed by atoms with E-state index in [4.69, 9.17) is 0 Å². The monoisotopic (exact) mass is 157 g/mol. The first kappa shape index (κ1) is 10.1. The summed E-state index contributed by atoms with van der Waals surface area (Å²) in [6.07, 6.45) is 1.16. The summed E-state index contributed by atoms with van der Waals surface area (Å²) >= 11 is 0. The summed E-state index contributed by atoms with van der Waals surface area (Å²) in [4.78, 5) is 21.6. The van der Waals surface area contributed by atoms with Crippen LogP contribution in [0.3, 0.4) is 0 Å². The molecule has 3 nitrogen and oxygen atoms in total. The van der Waals surface area contributed by atoms with Crippen LogP contribution in [-0.2, 0) is 9.59 Å². The number of ketones is 1. The molecule has 0 saturated carbocycles. The van der Waals surface area contributed by atoms with Gasteiger partial charge in [0.25, 0.3) is 0 Å². The number of nitrogens with one attached hydrogen (secondary N) is 1. The molecular formula is C8H15NO2. The Morgan fingerprint density at radius 1 is 1.36 bits per heavy atom. The van der Waals surface area contributed by atoms with E-state index >= 15 is 0 Å². The Morgan fingerprint density at radius 3 is 2.18 bits per heavy atom. The third-order valence-corrected chi connectivity index (χ3v) is 1.52. The van der Waals surface area contributed by atoms with Crippen molar-refractivity contribution in [1.29, 1.82) is 0 Å². The predicted octanol–water partition coefficient (Wildman–Crippen LogP) is 0.880. The summed E-state index contributed by atoms with van der Waals surface area (Å²) in [6.45, 7) is 5.10. The van der Waals surface area contributed by atoms with Crippen molar-refractivity contribution in [3.8, 4) is 0 Å². The lowest BCUT2D eigenvalue weighted by atomic mass is 10.1. The predicted molar refractivity (Wildman–Crippen MR) is 43.2 cm³/mol. The average Bonchev–Trinajstić information content (AvgIpc) is 1.98. The van der Waals surface area contributed by atoms with Gasteiger partial charge in [-0.2, -0.15) is 0 Å². The van der Waals surface area contributed by atoms with Crippen molar-refractivity contribution in [3.63, 3.8) is 0 Å². The van der Waals surface area contributed by atoms with Crippen molar-refractivity contribution >= 4 is 11.7 Å². The molecule has 0 aromatic rings. The summed E-state index contributed by atoms with van der Waals surface area (Å²) in [6, 6.07) is -0.280. The van der Waals surface area contributed by atoms with Crippen molar-refractivity contribution < 1.29 is 9.59 Å². The number of Topliss-reactive ketones (excluding diaryl/α,β-unsaturated/α-hetero) is 1. The van der Waals surface area contributed by atoms with Gasteiger partial charge in [0.05, 0.1) is 6.04 Å². The van der Waals surface area contributed by atoms with Crippen molar-refractivity contribution in [2.45, 2.75) is 39.7 Å². The topological polar surface area (TPSA) is 46.2 Å². The lowest BCUT2D eigenvalue weighted by Crippen LogP contribution is -2.38. The van der Waals surface area contributed by atoms with Gasteiger partial charge in [0.2, 0.25) is 5.91 Å². The van der Waals surface area contributed by atoms with E-state index in [9.17, 15) is 9.59 Å². The highest BCUT2D eigenvalue weighted by Crippen LogP contribution is 1.95. The van der Waals surface area contributed by atoms with Crippen LogP contribution in [0.4, 0.5) is 0 Å². The van der Waals surface area contributed by atoms with E-state index in [1.807, 2.05) is 6.92 Å². The summed E-state index contributed by atoms with van der Waals surface area (Å²) < 4.78 is 0. The molecule has 0 bridgehead atoms. The minimum atomic E-state index is -0.280. The molecule has 0 aliphatic rings. The van der Waals surface area contributed by atoms with E-state index in [-0.39, 0.29) is 17.7 Å². The molecule has 0 fully saturated rings. The van der Waals surface area contributed by atoms with Crippen LogP contribution < -0.4 is 5.32 Å². The van der Waals surface area contributed by atoms with Gasteiger partial charge in [0.15, 0.2) is 5.78 Å². The first-order valence-corrected chi connectivity index (χ1v) is 3.91. The fourth-order valence-corrected chi connectivity index (χ4v) is 0.902. The van der Waals surface area contributed by atoms with E-state index in [1.54, 1.807) is 6.92 Å². The SMILES string of the molecule is CCC(=O)[C@@H](CC)NC(C)=O. The van der Waals surface area contributed by atoms with Gasteiger partial charge in [-0.05, 0) is 6.42 Å². The first-order chi connectivity index (χ1) is 5.11. The summed E-state index contributed by atoms with van der Waals surface area (Å²) in [5.41, 5.74) is 0. The minimum Gasteiger partial charge on any atom is -0.347 e. The number of carbonyl (C=O) groups is 2. The molecule has 0 unspecified atom stereocenters. The number of carbonyl (C=O) groups excluding carboxylic acids is 2. The third kappa shape index (κ3) is 3.75. The standard InChI is InChI=1S/C8H15NO2/c1-4-7(8(11)5-2)9-6(3)10/h7H,4-5H2,1-3H3,(H,9,10)/t7-/m1/s1. The number of amides is 1. The Balaban J connectivity index is 3.94. The summed E-state index contributed by atoms with van der Waals surface area (Å²) in [5.74, 6) is -0.0404. The van der Waals surface area contributed by atoms with Crippen LogP contribution in [0.1, 0.15) is 33.6 Å². The Morgan fingerprint density at radius 2 is 1.91 bits per heavy atom. The van der Waals surface area contributed by atoms with Crippen LogP contribution in [0, 0.1) is 0 Å². The first-order valence-electron chi connectivity index (χ1n) is 3.91. The van der Waals surface area contributed by atoms with Gasteiger partial charge in [-0.3, -0.25) is 9.59 Å². The maximum atomic E-state index is 11.1. The van der Waals surface area contributed by atoms with Gasteiger partial charge in [-0.1, -0.05) is 13.8 Å². The van der Waals surface area contributed by atoms with E-state index < -0.39 is 0 Å². The molecule has 64 valence electrons. The van der Waals surface area contributed by atoms with Crippen molar-refractivity contribution in [1.82, 2.24) is 5.32 Å². The van der Waals surface area contributed by atoms with Crippen molar-refractivity contribution in [2.24, 2.45) is 0 Å². The van der Waals surface area contributed by atoms with E-state index in [1.165, 1.54) is 6.92 Å². The van der Waals surface area contributed by atoms with E-state index in [2.05, 4.69) is 5.32 Å². The second-order valence-electron chi connectivity index (χ2n) is 2.48. The van der Waals surface area contributed by atoms with E-state index in [0.29, 0.717) is 12.8 Å². The molecule has 0 radical (unpaired) electrons. The number of hydrogen-bond acceptors (Lipinski definition) is 2. The fourth-order valence-electron chi connectivity index (χ4n) is 0.902. The highest BCUT2D eigenvalue weighted by molar-refractivity contribution is 5.88. The third-order valence-electron chi connectivity index (χ3n) is 1.52. The van der Waals surface area contributed by atoms with Crippen molar-refractivity contribution in [2.75, 3.05) is 0 Å². The molecule has 0 aliphatic heterocycles. The number of hydrogen-bond donors (Lipinski definition) is 1. The van der Waals surface area contributed by atoms with Gasteiger partial charge in [-0.15, -0.1) is 0 Å². The van der Waals surface area contributed by atoms with Gasteiger partial charge in [-0.25, -0.2) is 0 Å². The van der Waals surface area contributed by atoms with Crippen LogP contribution in [0.15, 0.2) is 0 Å². The zero-order valence-corrected chi connectivity index (χ0v) is 7.31. The normalized spacial score (nSPS) is 12.3. The molecule has 0 aliphatic carbocycles. The van der Waals surface area contributed by atoms with Crippen LogP contribution in [-0.4, -0.2) is 17.7 Å². The van der Waals surface area contributed by atoms with Crippen LogP contribution in [0.5, 0.6) is 0 Å². The smallest absolute Gasteiger partial charge is 0.217 e. The molecule has 0 aromatic heterocycles. The Bertz CT molecular complexity index is 154. The van der Waals surface area contributed by atoms with Gasteiger partial charge in [0.1, 0.15) is 0 Å². The molecule has 0 aromatic carbocycles. The second-order valence-corrected chi connectivity index (χ2v) is 2.48. The zero-order chi connectivity index (χ0) is 8.85. The average molecular weight is 157 g/mol. The van der Waals surface area contributed by atoms with Gasteiger partial charge >= 0.3 is 0 Å². The quantitative estimate of drug-likeness (QED) is 0.658. The molecule has 0 spiro atoms. The molecule has 1 atom stereocenters. The molecule has 0 rings (SSSR count). The molecular weight excluding hydrogens is 142 g/mol. The van der Waals surface area contributed by atoms with Crippen LogP contribution >= 0.6 is 0 Å². The fraction of sp³-hybridized carbons (Fsp3) is 0.750. The molecule has 3 heteroatoms.